The Hall–Kier alpha value is -0.340. The van der Waals surface area contributed by atoms with E-state index in [4.69, 9.17) is 0 Å². The molecule has 3 fully saturated rings. The molecule has 0 aromatic heterocycles. The van der Waals surface area contributed by atoms with E-state index >= 15 is 0 Å². The van der Waals surface area contributed by atoms with Crippen LogP contribution in [0.5, 0.6) is 0 Å². The molecule has 7 atom stereocenters. The van der Waals surface area contributed by atoms with Crippen molar-refractivity contribution < 1.29 is 10.2 Å². The summed E-state index contributed by atoms with van der Waals surface area (Å²) in [5.74, 6) is 3.17. The Morgan fingerprint density at radius 2 is 1.73 bits per heavy atom. The van der Waals surface area contributed by atoms with Crippen LogP contribution in [0, 0.1) is 39.9 Å². The van der Waals surface area contributed by atoms with Crippen molar-refractivity contribution in [2.45, 2.75) is 118 Å². The van der Waals surface area contributed by atoms with Crippen LogP contribution in [0.2, 0.25) is 0 Å². The van der Waals surface area contributed by atoms with E-state index in [0.717, 1.165) is 43.4 Å². The van der Waals surface area contributed by atoms with Gasteiger partial charge in [-0.3, -0.25) is 0 Å². The third kappa shape index (κ3) is 3.43. The molecular weight excluding hydrogens is 368 g/mol. The molecule has 0 aromatic carbocycles. The average molecular weight is 417 g/mol. The van der Waals surface area contributed by atoms with Crippen LogP contribution in [0.25, 0.3) is 0 Å². The third-order valence-corrected chi connectivity index (χ3v) is 10.9. The molecule has 2 N–H and O–H groups in total. The molecule has 4 aliphatic carbocycles. The zero-order valence-electron chi connectivity index (χ0n) is 20.5. The van der Waals surface area contributed by atoms with E-state index in [1.54, 1.807) is 0 Å². The highest BCUT2D eigenvalue weighted by atomic mass is 16.3. The fourth-order valence-corrected chi connectivity index (χ4v) is 8.96. The van der Waals surface area contributed by atoms with Crippen molar-refractivity contribution in [2.75, 3.05) is 6.61 Å². The first-order valence-electron chi connectivity index (χ1n) is 13.2. The van der Waals surface area contributed by atoms with Gasteiger partial charge in [0.1, 0.15) is 0 Å². The van der Waals surface area contributed by atoms with Crippen molar-refractivity contribution in [1.82, 2.24) is 0 Å². The predicted octanol–water partition coefficient (Wildman–Crippen LogP) is 6.90. The Labute approximate surface area is 185 Å². The molecule has 0 unspecified atom stereocenters. The van der Waals surface area contributed by atoms with E-state index < -0.39 is 0 Å². The lowest BCUT2D eigenvalue weighted by Gasteiger charge is -2.62. The van der Waals surface area contributed by atoms with Crippen LogP contribution in [0.15, 0.2) is 11.1 Å². The zero-order valence-corrected chi connectivity index (χ0v) is 20.5. The Bertz CT molecular complexity index is 666. The van der Waals surface area contributed by atoms with Crippen LogP contribution >= 0.6 is 0 Å². The minimum Gasteiger partial charge on any atom is -0.396 e. The maximum absolute atomic E-state index is 10.5. The Balaban J connectivity index is 1.59. The maximum atomic E-state index is 10.5. The van der Waals surface area contributed by atoms with E-state index in [1.165, 1.54) is 51.4 Å². The minimum atomic E-state index is -0.212. The molecule has 0 saturated heterocycles. The fraction of sp³-hybridized carbons (Fsp3) is 0.929. The second-order valence-electron chi connectivity index (χ2n) is 12.7. The third-order valence-electron chi connectivity index (χ3n) is 10.9. The summed E-state index contributed by atoms with van der Waals surface area (Å²) in [6.07, 6.45) is 14.4. The first kappa shape index (κ1) is 22.8. The molecule has 0 radical (unpaired) electrons. The van der Waals surface area contributed by atoms with Crippen LogP contribution < -0.4 is 0 Å². The number of aliphatic hydroxyl groups excluding tert-OH is 2. The normalized spacial score (nSPS) is 44.6. The van der Waals surface area contributed by atoms with Gasteiger partial charge in [0.25, 0.3) is 0 Å². The van der Waals surface area contributed by atoms with E-state index in [2.05, 4.69) is 34.6 Å². The lowest BCUT2D eigenvalue weighted by atomic mass is 9.43. The van der Waals surface area contributed by atoms with Crippen molar-refractivity contribution in [3.8, 4) is 0 Å². The zero-order chi connectivity index (χ0) is 21.7. The predicted molar refractivity (Wildman–Crippen MR) is 125 cm³/mol. The van der Waals surface area contributed by atoms with Gasteiger partial charge in [-0.05, 0) is 92.3 Å². The van der Waals surface area contributed by atoms with Crippen molar-refractivity contribution in [3.63, 3.8) is 0 Å². The van der Waals surface area contributed by atoms with Crippen LogP contribution in [0.4, 0.5) is 0 Å². The quantitative estimate of drug-likeness (QED) is 0.463. The molecule has 2 nitrogen and oxygen atoms in total. The Morgan fingerprint density at radius 1 is 0.967 bits per heavy atom. The van der Waals surface area contributed by atoms with Crippen LogP contribution in [0.1, 0.15) is 112 Å². The second kappa shape index (κ2) is 8.22. The number of hydrogen-bond donors (Lipinski definition) is 2. The molecule has 0 aliphatic heterocycles. The highest BCUT2D eigenvalue weighted by Crippen LogP contribution is 2.69. The van der Waals surface area contributed by atoms with Crippen LogP contribution in [-0.4, -0.2) is 22.9 Å². The number of allylic oxidation sites excluding steroid dienone is 2. The first-order valence-corrected chi connectivity index (χ1v) is 13.2. The van der Waals surface area contributed by atoms with Crippen molar-refractivity contribution in [3.05, 3.63) is 11.1 Å². The van der Waals surface area contributed by atoms with Crippen molar-refractivity contribution in [2.24, 2.45) is 39.9 Å². The van der Waals surface area contributed by atoms with Gasteiger partial charge in [0.15, 0.2) is 0 Å². The molecular formula is C28H48O2. The highest BCUT2D eigenvalue weighted by molar-refractivity contribution is 5.35. The van der Waals surface area contributed by atoms with Gasteiger partial charge in [-0.1, -0.05) is 65.0 Å². The number of fused-ring (bicyclic) bond motifs is 4. The molecule has 0 heterocycles. The Kier molecular flexibility index (Phi) is 6.26. The van der Waals surface area contributed by atoms with Crippen LogP contribution in [0.3, 0.4) is 0 Å². The summed E-state index contributed by atoms with van der Waals surface area (Å²) in [4.78, 5) is 0. The van der Waals surface area contributed by atoms with Gasteiger partial charge in [0.05, 0.1) is 6.10 Å². The van der Waals surface area contributed by atoms with Crippen LogP contribution in [-0.2, 0) is 0 Å². The summed E-state index contributed by atoms with van der Waals surface area (Å²) in [6.45, 7) is 12.6. The lowest BCUT2D eigenvalue weighted by Crippen LogP contribution is -2.56. The summed E-state index contributed by atoms with van der Waals surface area (Å²) in [5, 5.41) is 20.9. The molecule has 0 aromatic rings. The minimum absolute atomic E-state index is 0.0602. The molecule has 4 rings (SSSR count). The van der Waals surface area contributed by atoms with Gasteiger partial charge >= 0.3 is 0 Å². The summed E-state index contributed by atoms with van der Waals surface area (Å²) in [5.41, 5.74) is 4.19. The Morgan fingerprint density at radius 3 is 2.43 bits per heavy atom. The average Bonchev–Trinajstić information content (AvgIpc) is 3.05. The molecule has 0 bridgehead atoms. The monoisotopic (exact) mass is 416 g/mol. The maximum Gasteiger partial charge on any atom is 0.0546 e. The van der Waals surface area contributed by atoms with Gasteiger partial charge in [0, 0.05) is 12.0 Å². The SMILES string of the molecule is CC(C)CCC[C@@H](C)[C@H]1CCC2=C3CC[C@]4(CO)C[C@H](O)CC[C@]4(C)[C@H]3CC[C@@]21C. The second-order valence-corrected chi connectivity index (χ2v) is 12.7. The summed E-state index contributed by atoms with van der Waals surface area (Å²) in [6, 6.07) is 0. The first-order chi connectivity index (χ1) is 14.2. The fourth-order valence-electron chi connectivity index (χ4n) is 8.96. The lowest BCUT2D eigenvalue weighted by molar-refractivity contribution is -0.135. The summed E-state index contributed by atoms with van der Waals surface area (Å²) >= 11 is 0. The molecule has 172 valence electrons. The molecule has 30 heavy (non-hydrogen) atoms. The van der Waals surface area contributed by atoms with Gasteiger partial charge in [-0.25, -0.2) is 0 Å². The van der Waals surface area contributed by atoms with E-state index in [9.17, 15) is 10.2 Å². The molecule has 0 spiro atoms. The molecule has 3 saturated carbocycles. The molecule has 4 aliphatic rings. The van der Waals surface area contributed by atoms with Gasteiger partial charge < -0.3 is 10.2 Å². The van der Waals surface area contributed by atoms with Gasteiger partial charge in [-0.15, -0.1) is 0 Å². The highest BCUT2D eigenvalue weighted by Gasteiger charge is 2.61. The van der Waals surface area contributed by atoms with E-state index in [-0.39, 0.29) is 23.5 Å². The largest absolute Gasteiger partial charge is 0.396 e. The molecule has 0 amide bonds. The van der Waals surface area contributed by atoms with Gasteiger partial charge in [0.2, 0.25) is 0 Å². The molecule has 2 heteroatoms. The topological polar surface area (TPSA) is 40.5 Å². The summed E-state index contributed by atoms with van der Waals surface area (Å²) < 4.78 is 0. The van der Waals surface area contributed by atoms with E-state index in [0.29, 0.717) is 11.3 Å². The smallest absolute Gasteiger partial charge is 0.0546 e. The van der Waals surface area contributed by atoms with E-state index in [1.807, 2.05) is 11.1 Å². The van der Waals surface area contributed by atoms with Crippen molar-refractivity contribution in [1.29, 1.82) is 0 Å². The summed E-state index contributed by atoms with van der Waals surface area (Å²) in [7, 11) is 0. The number of hydrogen-bond acceptors (Lipinski definition) is 2. The number of rotatable bonds is 6. The van der Waals surface area contributed by atoms with Crippen molar-refractivity contribution >= 4 is 0 Å². The standard InChI is InChI=1S/C28H48O2/c1-19(2)7-6-8-20(3)23-9-10-24-22-12-16-28(18-29)17-21(30)11-15-27(28,5)25(22)13-14-26(23,24)4/h19-21,23,25,29-30H,6-18H2,1-5H3/t20-,21-,23-,25+,26-,27-,28-/m1/s1. The van der Waals surface area contributed by atoms with Gasteiger partial charge in [-0.2, -0.15) is 0 Å². The number of aliphatic hydroxyl groups is 2.